The average molecular weight is 402 g/mol. The van der Waals surface area contributed by atoms with Gasteiger partial charge in [0.25, 0.3) is 0 Å². The minimum absolute atomic E-state index is 0.0401. The second-order valence-corrected chi connectivity index (χ2v) is 9.01. The molecule has 0 fully saturated rings. The van der Waals surface area contributed by atoms with E-state index in [9.17, 15) is 8.78 Å². The van der Waals surface area contributed by atoms with Gasteiger partial charge in [0.05, 0.1) is 5.54 Å². The van der Waals surface area contributed by atoms with Gasteiger partial charge in [0.1, 0.15) is 17.1 Å². The Morgan fingerprint density at radius 1 is 1.07 bits per heavy atom. The molecule has 0 saturated heterocycles. The van der Waals surface area contributed by atoms with E-state index in [4.69, 9.17) is 15.6 Å². The number of nitrogens with zero attached hydrogens (tertiary/aromatic N) is 3. The maximum atomic E-state index is 13.0. The van der Waals surface area contributed by atoms with Gasteiger partial charge < -0.3 is 4.74 Å². The van der Waals surface area contributed by atoms with E-state index in [1.54, 1.807) is 23.2 Å². The van der Waals surface area contributed by atoms with E-state index in [-0.39, 0.29) is 11.2 Å². The Morgan fingerprint density at radius 2 is 1.72 bits per heavy atom. The number of para-hydroxylation sites is 1. The highest BCUT2D eigenvalue weighted by atomic mass is 19.3. The molecule has 0 atom stereocenters. The number of anilines is 1. The molecule has 2 aromatic heterocycles. The molecule has 0 aliphatic carbocycles. The molecule has 1 aromatic carbocycles. The Morgan fingerprint density at radius 3 is 2.38 bits per heavy atom. The third-order valence-electron chi connectivity index (χ3n) is 4.71. The SMILES string of the molecule is CC(C)(C)CC(C)(C)N(N)c1c(-c2ccccc2OC(F)F)nc2ccccn12. The zero-order chi connectivity index (χ0) is 21.4. The van der Waals surface area contributed by atoms with E-state index in [1.807, 2.05) is 28.8 Å². The van der Waals surface area contributed by atoms with Gasteiger partial charge in [0.2, 0.25) is 0 Å². The van der Waals surface area contributed by atoms with Crippen LogP contribution in [0.2, 0.25) is 0 Å². The first-order valence-corrected chi connectivity index (χ1v) is 9.56. The topological polar surface area (TPSA) is 55.8 Å². The molecule has 156 valence electrons. The molecule has 2 heterocycles. The van der Waals surface area contributed by atoms with Crippen LogP contribution in [0, 0.1) is 5.41 Å². The maximum Gasteiger partial charge on any atom is 0.387 e. The number of rotatable bonds is 6. The Balaban J connectivity index is 2.21. The van der Waals surface area contributed by atoms with Crippen LogP contribution in [0.15, 0.2) is 48.7 Å². The van der Waals surface area contributed by atoms with Crippen molar-refractivity contribution in [3.63, 3.8) is 0 Å². The summed E-state index contributed by atoms with van der Waals surface area (Å²) in [6.07, 6.45) is 2.68. The van der Waals surface area contributed by atoms with Gasteiger partial charge in [-0.15, -0.1) is 0 Å². The molecule has 3 aromatic rings. The average Bonchev–Trinajstić information content (AvgIpc) is 2.98. The monoisotopic (exact) mass is 402 g/mol. The van der Waals surface area contributed by atoms with Crippen LogP contribution in [0.5, 0.6) is 5.75 Å². The number of nitrogens with two attached hydrogens (primary N) is 1. The van der Waals surface area contributed by atoms with Crippen molar-refractivity contribution in [1.29, 1.82) is 0 Å². The highest BCUT2D eigenvalue weighted by molar-refractivity contribution is 5.81. The van der Waals surface area contributed by atoms with Crippen LogP contribution in [0.3, 0.4) is 0 Å². The van der Waals surface area contributed by atoms with E-state index in [1.165, 1.54) is 6.07 Å². The first-order valence-electron chi connectivity index (χ1n) is 9.56. The van der Waals surface area contributed by atoms with Gasteiger partial charge >= 0.3 is 6.61 Å². The van der Waals surface area contributed by atoms with Crippen LogP contribution < -0.4 is 15.6 Å². The fourth-order valence-corrected chi connectivity index (χ4v) is 3.92. The Hall–Kier alpha value is -2.67. The van der Waals surface area contributed by atoms with E-state index >= 15 is 0 Å². The normalized spacial score (nSPS) is 12.6. The minimum Gasteiger partial charge on any atom is -0.434 e. The summed E-state index contributed by atoms with van der Waals surface area (Å²) in [5.74, 6) is 7.35. The van der Waals surface area contributed by atoms with Crippen LogP contribution >= 0.6 is 0 Å². The van der Waals surface area contributed by atoms with E-state index < -0.39 is 12.2 Å². The molecule has 0 aliphatic rings. The van der Waals surface area contributed by atoms with Crippen LogP contribution in [0.1, 0.15) is 41.0 Å². The lowest BCUT2D eigenvalue weighted by atomic mass is 9.81. The zero-order valence-electron chi connectivity index (χ0n) is 17.5. The first kappa shape index (κ1) is 21.0. The molecule has 7 heteroatoms. The third kappa shape index (κ3) is 4.50. The van der Waals surface area contributed by atoms with Crippen molar-refractivity contribution in [1.82, 2.24) is 9.38 Å². The van der Waals surface area contributed by atoms with Crippen molar-refractivity contribution in [2.45, 2.75) is 53.2 Å². The fraction of sp³-hybridized carbons (Fsp3) is 0.409. The van der Waals surface area contributed by atoms with E-state index in [2.05, 4.69) is 34.6 Å². The fourth-order valence-electron chi connectivity index (χ4n) is 3.92. The molecule has 2 N–H and O–H groups in total. The first-order chi connectivity index (χ1) is 13.5. The summed E-state index contributed by atoms with van der Waals surface area (Å²) in [7, 11) is 0. The second-order valence-electron chi connectivity index (χ2n) is 9.01. The smallest absolute Gasteiger partial charge is 0.387 e. The number of hydrogen-bond donors (Lipinski definition) is 1. The lowest BCUT2D eigenvalue weighted by Crippen LogP contribution is -2.51. The molecule has 29 heavy (non-hydrogen) atoms. The molecule has 0 amide bonds. The predicted octanol–water partition coefficient (Wildman–Crippen LogP) is 5.50. The number of fused-ring (bicyclic) bond motifs is 1. The van der Waals surface area contributed by atoms with Crippen molar-refractivity contribution in [3.8, 4) is 17.0 Å². The molecule has 0 spiro atoms. The van der Waals surface area contributed by atoms with Crippen LogP contribution in [0.25, 0.3) is 16.9 Å². The number of hydrogen-bond acceptors (Lipinski definition) is 4. The number of aromatic nitrogens is 2. The second kappa shape index (κ2) is 7.63. The van der Waals surface area contributed by atoms with Crippen molar-refractivity contribution in [2.75, 3.05) is 5.01 Å². The number of imidazole rings is 1. The summed E-state index contributed by atoms with van der Waals surface area (Å²) in [5, 5.41) is 1.69. The molecule has 0 saturated carbocycles. The molecule has 0 radical (unpaired) electrons. The largest absolute Gasteiger partial charge is 0.434 e. The number of benzene rings is 1. The highest BCUT2D eigenvalue weighted by Crippen LogP contribution is 2.40. The molecule has 0 aliphatic heterocycles. The highest BCUT2D eigenvalue weighted by Gasteiger charge is 2.34. The van der Waals surface area contributed by atoms with E-state index in [0.717, 1.165) is 6.42 Å². The van der Waals surface area contributed by atoms with Crippen LogP contribution in [0.4, 0.5) is 14.6 Å². The molecular weight excluding hydrogens is 374 g/mol. The predicted molar refractivity (Wildman–Crippen MR) is 112 cm³/mol. The van der Waals surface area contributed by atoms with Gasteiger partial charge in [-0.25, -0.2) is 10.8 Å². The summed E-state index contributed by atoms with van der Waals surface area (Å²) in [4.78, 5) is 4.70. The Bertz CT molecular complexity index is 992. The van der Waals surface area contributed by atoms with Crippen molar-refractivity contribution < 1.29 is 13.5 Å². The van der Waals surface area contributed by atoms with Gasteiger partial charge in [-0.1, -0.05) is 39.0 Å². The maximum absolute atomic E-state index is 13.0. The standard InChI is InChI=1S/C22H28F2N4O/c1-21(2,3)14-22(4,5)28(25)19-18(26-17-12-8-9-13-27(17)19)15-10-6-7-11-16(15)29-20(23)24/h6-13,20H,14,25H2,1-5H3. The summed E-state index contributed by atoms with van der Waals surface area (Å²) in [6.45, 7) is 7.66. The summed E-state index contributed by atoms with van der Waals surface area (Å²) in [6, 6.07) is 12.3. The van der Waals surface area contributed by atoms with Crippen LogP contribution in [-0.2, 0) is 0 Å². The molecule has 5 nitrogen and oxygen atoms in total. The number of alkyl halides is 2. The molecule has 0 unspecified atom stereocenters. The third-order valence-corrected chi connectivity index (χ3v) is 4.71. The van der Waals surface area contributed by atoms with Crippen molar-refractivity contribution >= 4 is 11.5 Å². The number of pyridine rings is 1. The van der Waals surface area contributed by atoms with Crippen LogP contribution in [-0.4, -0.2) is 21.5 Å². The van der Waals surface area contributed by atoms with Crippen molar-refractivity contribution in [2.24, 2.45) is 11.3 Å². The van der Waals surface area contributed by atoms with Gasteiger partial charge in [-0.3, -0.25) is 9.41 Å². The summed E-state index contributed by atoms with van der Waals surface area (Å²) < 4.78 is 32.6. The quantitative estimate of drug-likeness (QED) is 0.437. The summed E-state index contributed by atoms with van der Waals surface area (Å²) >= 11 is 0. The molecular formula is C22H28F2N4O. The van der Waals surface area contributed by atoms with Gasteiger partial charge in [0, 0.05) is 11.8 Å². The number of ether oxygens (including phenoxy) is 1. The lowest BCUT2D eigenvalue weighted by molar-refractivity contribution is -0.0494. The summed E-state index contributed by atoms with van der Waals surface area (Å²) in [5.41, 5.74) is 1.26. The number of halogens is 2. The molecule has 0 bridgehead atoms. The zero-order valence-corrected chi connectivity index (χ0v) is 17.5. The Kier molecular flexibility index (Phi) is 5.54. The Labute approximate surface area is 170 Å². The number of hydrazine groups is 1. The van der Waals surface area contributed by atoms with Gasteiger partial charge in [-0.05, 0) is 49.9 Å². The minimum atomic E-state index is -2.93. The van der Waals surface area contributed by atoms with Gasteiger partial charge in [0.15, 0.2) is 5.82 Å². The van der Waals surface area contributed by atoms with Crippen molar-refractivity contribution in [3.05, 3.63) is 48.7 Å². The van der Waals surface area contributed by atoms with Gasteiger partial charge in [-0.2, -0.15) is 8.78 Å². The molecule has 3 rings (SSSR count). The lowest BCUT2D eigenvalue weighted by Gasteiger charge is -2.40. The van der Waals surface area contributed by atoms with E-state index in [0.29, 0.717) is 22.7 Å².